The number of hydrogen-bond acceptors (Lipinski definition) is 4. The molecule has 0 unspecified atom stereocenters. The molecule has 0 fully saturated rings. The third kappa shape index (κ3) is 6.72. The van der Waals surface area contributed by atoms with Crippen molar-refractivity contribution in [2.24, 2.45) is 0 Å². The molecule has 0 aliphatic heterocycles. The first kappa shape index (κ1) is 24.6. The van der Waals surface area contributed by atoms with E-state index in [4.69, 9.17) is 9.47 Å². The second kappa shape index (κ2) is 11.7. The quantitative estimate of drug-likeness (QED) is 0.136. The van der Waals surface area contributed by atoms with Crippen LogP contribution in [0.5, 0.6) is 0 Å². The van der Waals surface area contributed by atoms with Crippen molar-refractivity contribution in [1.82, 2.24) is 0 Å². The summed E-state index contributed by atoms with van der Waals surface area (Å²) in [4.78, 5) is 13.6. The van der Waals surface area contributed by atoms with Crippen LogP contribution >= 0.6 is 0 Å². The first-order chi connectivity index (χ1) is 16.4. The Morgan fingerprint density at radius 2 is 1.47 bits per heavy atom. The van der Waals surface area contributed by atoms with Gasteiger partial charge >= 0.3 is 5.97 Å². The van der Waals surface area contributed by atoms with Crippen LogP contribution < -0.4 is 4.90 Å². The summed E-state index contributed by atoms with van der Waals surface area (Å²) in [7, 11) is 0. The second-order valence-corrected chi connectivity index (χ2v) is 8.21. The standard InChI is InChI=1S/C30H31NO3/c1-6-30(32)34-21-26-12-16-28(17-13-26)31(29-9-7-8-23(4)18-29)27-14-10-25(11-15-27)20-33-19-24(5)22(2)3/h6-19H,1-2,20-21H2,3-5H3/b24-19+. The minimum atomic E-state index is -0.431. The highest BCUT2D eigenvalue weighted by Crippen LogP contribution is 2.35. The highest BCUT2D eigenvalue weighted by atomic mass is 16.5. The van der Waals surface area contributed by atoms with Crippen molar-refractivity contribution in [3.63, 3.8) is 0 Å². The average molecular weight is 454 g/mol. The number of carbonyl (C=O) groups is 1. The summed E-state index contributed by atoms with van der Waals surface area (Å²) in [6, 6.07) is 24.7. The Hall–Kier alpha value is -4.05. The maximum absolute atomic E-state index is 11.4. The SMILES string of the molecule is C=CC(=O)OCc1ccc(N(c2ccc(CO/C=C(\C)C(=C)C)cc2)c2cccc(C)c2)cc1. The molecule has 0 radical (unpaired) electrons. The minimum Gasteiger partial charge on any atom is -0.496 e. The van der Waals surface area contributed by atoms with Crippen LogP contribution in [-0.2, 0) is 27.5 Å². The Balaban J connectivity index is 1.84. The van der Waals surface area contributed by atoms with Gasteiger partial charge in [-0.05, 0) is 79.4 Å². The fraction of sp³-hybridized carbons (Fsp3) is 0.167. The molecule has 0 spiro atoms. The van der Waals surface area contributed by atoms with Crippen molar-refractivity contribution in [3.8, 4) is 0 Å². The molecule has 0 saturated carbocycles. The smallest absolute Gasteiger partial charge is 0.330 e. The molecule has 34 heavy (non-hydrogen) atoms. The maximum atomic E-state index is 11.4. The number of aryl methyl sites for hydroxylation is 1. The third-order valence-corrected chi connectivity index (χ3v) is 5.38. The second-order valence-electron chi connectivity index (χ2n) is 8.21. The lowest BCUT2D eigenvalue weighted by Crippen LogP contribution is -2.10. The van der Waals surface area contributed by atoms with Gasteiger partial charge in [0.1, 0.15) is 13.2 Å². The molecular weight excluding hydrogens is 422 g/mol. The maximum Gasteiger partial charge on any atom is 0.330 e. The summed E-state index contributed by atoms with van der Waals surface area (Å²) in [6.45, 7) is 14.1. The van der Waals surface area contributed by atoms with Crippen LogP contribution in [0.2, 0.25) is 0 Å². The largest absolute Gasteiger partial charge is 0.496 e. The first-order valence-corrected chi connectivity index (χ1v) is 11.2. The van der Waals surface area contributed by atoms with Crippen molar-refractivity contribution in [2.75, 3.05) is 4.90 Å². The number of allylic oxidation sites excluding steroid dienone is 2. The summed E-state index contributed by atoms with van der Waals surface area (Å²) in [5.41, 5.74) is 8.31. The molecule has 0 aliphatic carbocycles. The van der Waals surface area contributed by atoms with Gasteiger partial charge in [-0.15, -0.1) is 0 Å². The van der Waals surface area contributed by atoms with E-state index in [1.54, 1.807) is 6.26 Å². The normalized spacial score (nSPS) is 11.0. The fourth-order valence-electron chi connectivity index (χ4n) is 3.27. The van der Waals surface area contributed by atoms with Crippen LogP contribution in [0.25, 0.3) is 0 Å². The summed E-state index contributed by atoms with van der Waals surface area (Å²) in [6.07, 6.45) is 2.92. The van der Waals surface area contributed by atoms with Gasteiger partial charge in [0, 0.05) is 23.1 Å². The molecule has 0 heterocycles. The fourth-order valence-corrected chi connectivity index (χ4v) is 3.27. The van der Waals surface area contributed by atoms with Gasteiger partial charge in [0.15, 0.2) is 0 Å². The lowest BCUT2D eigenvalue weighted by molar-refractivity contribution is -0.138. The zero-order chi connectivity index (χ0) is 24.5. The highest BCUT2D eigenvalue weighted by molar-refractivity contribution is 5.81. The van der Waals surface area contributed by atoms with E-state index in [0.717, 1.165) is 39.3 Å². The van der Waals surface area contributed by atoms with Gasteiger partial charge in [-0.2, -0.15) is 0 Å². The van der Waals surface area contributed by atoms with E-state index in [9.17, 15) is 4.79 Å². The van der Waals surface area contributed by atoms with E-state index in [0.29, 0.717) is 6.61 Å². The number of ether oxygens (including phenoxy) is 2. The lowest BCUT2D eigenvalue weighted by atomic mass is 10.1. The van der Waals surface area contributed by atoms with Crippen LogP contribution in [-0.4, -0.2) is 5.97 Å². The summed E-state index contributed by atoms with van der Waals surface area (Å²) >= 11 is 0. The molecule has 3 aromatic rings. The highest BCUT2D eigenvalue weighted by Gasteiger charge is 2.13. The number of anilines is 3. The number of rotatable bonds is 10. The summed E-state index contributed by atoms with van der Waals surface area (Å²) in [5.74, 6) is -0.431. The Labute approximate surface area is 202 Å². The van der Waals surface area contributed by atoms with Crippen molar-refractivity contribution in [3.05, 3.63) is 126 Å². The zero-order valence-electron chi connectivity index (χ0n) is 20.1. The van der Waals surface area contributed by atoms with E-state index >= 15 is 0 Å². The van der Waals surface area contributed by atoms with Gasteiger partial charge < -0.3 is 14.4 Å². The molecule has 3 rings (SSSR count). The average Bonchev–Trinajstić information content (AvgIpc) is 2.84. The number of carbonyl (C=O) groups excluding carboxylic acids is 1. The first-order valence-electron chi connectivity index (χ1n) is 11.2. The van der Waals surface area contributed by atoms with Crippen LogP contribution in [0.1, 0.15) is 30.5 Å². The minimum absolute atomic E-state index is 0.212. The van der Waals surface area contributed by atoms with Crippen molar-refractivity contribution in [2.45, 2.75) is 34.0 Å². The monoisotopic (exact) mass is 453 g/mol. The zero-order valence-corrected chi connectivity index (χ0v) is 20.1. The number of esters is 1. The van der Waals surface area contributed by atoms with Gasteiger partial charge in [-0.1, -0.05) is 55.1 Å². The predicted octanol–water partition coefficient (Wildman–Crippen LogP) is 7.69. The molecule has 0 saturated heterocycles. The van der Waals surface area contributed by atoms with Crippen molar-refractivity contribution < 1.29 is 14.3 Å². The molecular formula is C30H31NO3. The molecule has 4 heteroatoms. The lowest BCUT2D eigenvalue weighted by Gasteiger charge is -2.26. The molecule has 0 atom stereocenters. The van der Waals surface area contributed by atoms with Crippen molar-refractivity contribution >= 4 is 23.0 Å². The van der Waals surface area contributed by atoms with Crippen LogP contribution in [0.4, 0.5) is 17.1 Å². The molecule has 3 aromatic carbocycles. The van der Waals surface area contributed by atoms with Gasteiger partial charge in [-0.3, -0.25) is 0 Å². The molecule has 0 bridgehead atoms. The molecule has 174 valence electrons. The third-order valence-electron chi connectivity index (χ3n) is 5.38. The summed E-state index contributed by atoms with van der Waals surface area (Å²) in [5, 5.41) is 0. The Kier molecular flexibility index (Phi) is 8.47. The number of benzene rings is 3. The summed E-state index contributed by atoms with van der Waals surface area (Å²) < 4.78 is 10.9. The Morgan fingerprint density at radius 1 is 0.882 bits per heavy atom. The van der Waals surface area contributed by atoms with E-state index < -0.39 is 5.97 Å². The van der Waals surface area contributed by atoms with Gasteiger partial charge in [-0.25, -0.2) is 4.79 Å². The van der Waals surface area contributed by atoms with Crippen LogP contribution in [0.15, 0.2) is 109 Å². The van der Waals surface area contributed by atoms with Crippen LogP contribution in [0.3, 0.4) is 0 Å². The number of nitrogens with zero attached hydrogens (tertiary/aromatic N) is 1. The van der Waals surface area contributed by atoms with Crippen molar-refractivity contribution in [1.29, 1.82) is 0 Å². The Bertz CT molecular complexity index is 1170. The van der Waals surface area contributed by atoms with E-state index in [2.05, 4.69) is 73.5 Å². The van der Waals surface area contributed by atoms with Gasteiger partial charge in [0.05, 0.1) is 6.26 Å². The predicted molar refractivity (Wildman–Crippen MR) is 139 cm³/mol. The molecule has 0 aliphatic rings. The molecule has 0 aromatic heterocycles. The van der Waals surface area contributed by atoms with E-state index in [1.807, 2.05) is 38.1 Å². The Morgan fingerprint density at radius 3 is 2.00 bits per heavy atom. The van der Waals surface area contributed by atoms with E-state index in [-0.39, 0.29) is 6.61 Å². The van der Waals surface area contributed by atoms with Crippen LogP contribution in [0, 0.1) is 6.92 Å². The molecule has 4 nitrogen and oxygen atoms in total. The van der Waals surface area contributed by atoms with E-state index in [1.165, 1.54) is 11.6 Å². The number of hydrogen-bond donors (Lipinski definition) is 0. The topological polar surface area (TPSA) is 38.8 Å². The molecule has 0 amide bonds. The van der Waals surface area contributed by atoms with Gasteiger partial charge in [0.2, 0.25) is 0 Å². The molecule has 0 N–H and O–H groups in total. The van der Waals surface area contributed by atoms with Gasteiger partial charge in [0.25, 0.3) is 0 Å².